The van der Waals surface area contributed by atoms with Gasteiger partial charge in [0.15, 0.2) is 0 Å². The van der Waals surface area contributed by atoms with Crippen LogP contribution in [0, 0.1) is 5.92 Å². The third-order valence-corrected chi connectivity index (χ3v) is 4.31. The molecule has 0 amide bonds. The second kappa shape index (κ2) is 9.03. The van der Waals surface area contributed by atoms with Gasteiger partial charge in [0.05, 0.1) is 22.7 Å². The summed E-state index contributed by atoms with van der Waals surface area (Å²) in [5.41, 5.74) is 1.20. The van der Waals surface area contributed by atoms with Crippen LogP contribution in [0.15, 0.2) is 21.1 Å². The van der Waals surface area contributed by atoms with Crippen LogP contribution >= 0.6 is 31.9 Å². The molecule has 0 heterocycles. The Bertz CT molecular complexity index is 401. The molecule has 1 aromatic carbocycles. The lowest BCUT2D eigenvalue weighted by Crippen LogP contribution is -2.37. The molecule has 0 saturated carbocycles. The highest BCUT2D eigenvalue weighted by Gasteiger charge is 2.14. The summed E-state index contributed by atoms with van der Waals surface area (Å²) >= 11 is 7.06. The fourth-order valence-corrected chi connectivity index (χ4v) is 3.50. The van der Waals surface area contributed by atoms with E-state index in [9.17, 15) is 0 Å². The molecule has 1 aromatic rings. The van der Waals surface area contributed by atoms with Gasteiger partial charge < -0.3 is 14.8 Å². The van der Waals surface area contributed by atoms with E-state index in [0.717, 1.165) is 34.5 Å². The maximum Gasteiger partial charge on any atom is 0.147 e. The lowest BCUT2D eigenvalue weighted by atomic mass is 10.0. The predicted molar refractivity (Wildman–Crippen MR) is 90.4 cm³/mol. The van der Waals surface area contributed by atoms with E-state index in [2.05, 4.69) is 63.2 Å². The van der Waals surface area contributed by atoms with Crippen LogP contribution < -0.4 is 10.1 Å². The Hall–Kier alpha value is -0.100. The van der Waals surface area contributed by atoms with Crippen LogP contribution in [0.2, 0.25) is 0 Å². The highest BCUT2D eigenvalue weighted by Crippen LogP contribution is 2.34. The molecule has 0 aliphatic carbocycles. The van der Waals surface area contributed by atoms with Crippen molar-refractivity contribution < 1.29 is 9.47 Å². The number of methoxy groups -OCH3 is 1. The predicted octanol–water partition coefficient (Wildman–Crippen LogP) is 4.37. The molecule has 3 nitrogen and oxygen atoms in total. The Morgan fingerprint density at radius 2 is 1.80 bits per heavy atom. The molecule has 114 valence electrons. The Morgan fingerprint density at radius 3 is 2.25 bits per heavy atom. The van der Waals surface area contributed by atoms with Crippen molar-refractivity contribution in [3.05, 3.63) is 26.6 Å². The monoisotopic (exact) mass is 407 g/mol. The van der Waals surface area contributed by atoms with Crippen LogP contribution in [0.1, 0.15) is 26.3 Å². The standard InChI is InChI=1S/C15H23Br2NO2/c1-5-20-9-14(10(2)3)18-8-11-6-12(16)15(19-4)13(17)7-11/h6-7,10,14,18H,5,8-9H2,1-4H3. The van der Waals surface area contributed by atoms with Crippen LogP contribution in [-0.4, -0.2) is 26.4 Å². The molecular weight excluding hydrogens is 386 g/mol. The molecule has 1 rings (SSSR count). The largest absolute Gasteiger partial charge is 0.494 e. The molecule has 0 aliphatic heterocycles. The molecular formula is C15H23Br2NO2. The van der Waals surface area contributed by atoms with Gasteiger partial charge in [0, 0.05) is 19.2 Å². The third kappa shape index (κ3) is 5.35. The third-order valence-electron chi connectivity index (χ3n) is 3.14. The Balaban J connectivity index is 2.68. The molecule has 0 spiro atoms. The zero-order valence-electron chi connectivity index (χ0n) is 12.5. The number of hydrogen-bond acceptors (Lipinski definition) is 3. The minimum absolute atomic E-state index is 0.356. The van der Waals surface area contributed by atoms with Crippen molar-refractivity contribution in [2.24, 2.45) is 5.92 Å². The average Bonchev–Trinajstić information content (AvgIpc) is 2.38. The minimum atomic E-state index is 0.356. The smallest absolute Gasteiger partial charge is 0.147 e. The van der Waals surface area contributed by atoms with Gasteiger partial charge in [-0.25, -0.2) is 0 Å². The van der Waals surface area contributed by atoms with Gasteiger partial charge >= 0.3 is 0 Å². The molecule has 0 bridgehead atoms. The Morgan fingerprint density at radius 1 is 1.20 bits per heavy atom. The highest BCUT2D eigenvalue weighted by molar-refractivity contribution is 9.11. The summed E-state index contributed by atoms with van der Waals surface area (Å²) in [6.07, 6.45) is 0. The van der Waals surface area contributed by atoms with Gasteiger partial charge in [0.1, 0.15) is 5.75 Å². The van der Waals surface area contributed by atoms with Crippen LogP contribution in [0.25, 0.3) is 0 Å². The molecule has 0 radical (unpaired) electrons. The summed E-state index contributed by atoms with van der Waals surface area (Å²) in [7, 11) is 1.67. The van der Waals surface area contributed by atoms with Gasteiger partial charge in [0.25, 0.3) is 0 Å². The molecule has 1 atom stereocenters. The molecule has 1 unspecified atom stereocenters. The van der Waals surface area contributed by atoms with E-state index in [4.69, 9.17) is 9.47 Å². The van der Waals surface area contributed by atoms with Gasteiger partial charge in [-0.3, -0.25) is 0 Å². The van der Waals surface area contributed by atoms with E-state index in [1.54, 1.807) is 7.11 Å². The van der Waals surface area contributed by atoms with E-state index >= 15 is 0 Å². The molecule has 0 aromatic heterocycles. The number of benzene rings is 1. The van der Waals surface area contributed by atoms with Crippen molar-refractivity contribution in [1.29, 1.82) is 0 Å². The second-order valence-corrected chi connectivity index (χ2v) is 6.69. The van der Waals surface area contributed by atoms with Crippen molar-refractivity contribution in [1.82, 2.24) is 5.32 Å². The first-order valence-corrected chi connectivity index (χ1v) is 8.41. The first kappa shape index (κ1) is 18.0. The Labute approximate surface area is 138 Å². The first-order chi connectivity index (χ1) is 9.49. The van der Waals surface area contributed by atoms with Gasteiger partial charge in [-0.2, -0.15) is 0 Å². The van der Waals surface area contributed by atoms with E-state index in [1.807, 2.05) is 6.92 Å². The average molecular weight is 409 g/mol. The Kier molecular flexibility index (Phi) is 8.10. The topological polar surface area (TPSA) is 30.5 Å². The SMILES string of the molecule is CCOCC(NCc1cc(Br)c(OC)c(Br)c1)C(C)C. The van der Waals surface area contributed by atoms with E-state index < -0.39 is 0 Å². The molecule has 0 fully saturated rings. The maximum absolute atomic E-state index is 5.53. The number of ether oxygens (including phenoxy) is 2. The number of hydrogen-bond donors (Lipinski definition) is 1. The summed E-state index contributed by atoms with van der Waals surface area (Å²) in [5.74, 6) is 1.36. The normalized spacial score (nSPS) is 12.8. The van der Waals surface area contributed by atoms with Crippen molar-refractivity contribution in [2.75, 3.05) is 20.3 Å². The maximum atomic E-state index is 5.53. The summed E-state index contributed by atoms with van der Waals surface area (Å²) in [5, 5.41) is 3.55. The summed E-state index contributed by atoms with van der Waals surface area (Å²) < 4.78 is 12.8. The lowest BCUT2D eigenvalue weighted by molar-refractivity contribution is 0.108. The molecule has 0 saturated heterocycles. The summed E-state index contributed by atoms with van der Waals surface area (Å²) in [4.78, 5) is 0. The van der Waals surface area contributed by atoms with Crippen LogP contribution in [-0.2, 0) is 11.3 Å². The lowest BCUT2D eigenvalue weighted by Gasteiger charge is -2.22. The van der Waals surface area contributed by atoms with Gasteiger partial charge in [-0.1, -0.05) is 13.8 Å². The molecule has 5 heteroatoms. The van der Waals surface area contributed by atoms with Gasteiger partial charge in [-0.15, -0.1) is 0 Å². The second-order valence-electron chi connectivity index (χ2n) is 4.98. The van der Waals surface area contributed by atoms with Crippen LogP contribution in [0.4, 0.5) is 0 Å². The fourth-order valence-electron chi connectivity index (χ4n) is 1.89. The fraction of sp³-hybridized carbons (Fsp3) is 0.600. The zero-order valence-corrected chi connectivity index (χ0v) is 15.7. The highest BCUT2D eigenvalue weighted by atomic mass is 79.9. The van der Waals surface area contributed by atoms with E-state index in [-0.39, 0.29) is 0 Å². The van der Waals surface area contributed by atoms with Crippen molar-refractivity contribution >= 4 is 31.9 Å². The van der Waals surface area contributed by atoms with Crippen LogP contribution in [0.5, 0.6) is 5.75 Å². The van der Waals surface area contributed by atoms with Crippen LogP contribution in [0.3, 0.4) is 0 Å². The van der Waals surface area contributed by atoms with Crippen molar-refractivity contribution in [3.63, 3.8) is 0 Å². The molecule has 1 N–H and O–H groups in total. The van der Waals surface area contributed by atoms with Gasteiger partial charge in [0.2, 0.25) is 0 Å². The van der Waals surface area contributed by atoms with Crippen molar-refractivity contribution in [3.8, 4) is 5.75 Å². The van der Waals surface area contributed by atoms with E-state index in [1.165, 1.54) is 5.56 Å². The summed E-state index contributed by atoms with van der Waals surface area (Å²) in [6, 6.07) is 4.51. The van der Waals surface area contributed by atoms with Crippen molar-refractivity contribution in [2.45, 2.75) is 33.4 Å². The first-order valence-electron chi connectivity index (χ1n) is 6.82. The number of nitrogens with one attached hydrogen (secondary N) is 1. The number of halogens is 2. The number of rotatable bonds is 8. The van der Waals surface area contributed by atoms with Gasteiger partial charge in [-0.05, 0) is 62.4 Å². The summed E-state index contributed by atoms with van der Waals surface area (Å²) in [6.45, 7) is 8.73. The molecule has 20 heavy (non-hydrogen) atoms. The quantitative estimate of drug-likeness (QED) is 0.692. The molecule has 0 aliphatic rings. The zero-order chi connectivity index (χ0) is 15.1. The minimum Gasteiger partial charge on any atom is -0.494 e. The van der Waals surface area contributed by atoms with E-state index in [0.29, 0.717) is 12.0 Å².